The van der Waals surface area contributed by atoms with Gasteiger partial charge in [0.15, 0.2) is 5.82 Å². The summed E-state index contributed by atoms with van der Waals surface area (Å²) in [7, 11) is -3.49. The predicted octanol–water partition coefficient (Wildman–Crippen LogP) is 2.74. The molecule has 2 heterocycles. The molecular formula is C17H21BrN4O2S. The van der Waals surface area contributed by atoms with E-state index in [1.807, 2.05) is 19.1 Å². The van der Waals surface area contributed by atoms with Crippen molar-refractivity contribution in [3.8, 4) is 0 Å². The standard InChI is InChI=1S/C17H21BrN4O2S/c1-13-6-7-17(21-20-13)22-10-8-14(9-11-22)12-19-25(23,24)16-5-3-2-4-15(16)18/h2-7,14,19H,8-12H2,1H3. The third-order valence-corrected chi connectivity index (χ3v) is 6.85. The van der Waals surface area contributed by atoms with Crippen molar-refractivity contribution in [1.82, 2.24) is 14.9 Å². The number of hydrogen-bond acceptors (Lipinski definition) is 5. The van der Waals surface area contributed by atoms with E-state index in [1.165, 1.54) is 0 Å². The number of rotatable bonds is 5. The van der Waals surface area contributed by atoms with Gasteiger partial charge in [-0.2, -0.15) is 5.10 Å². The molecule has 1 N–H and O–H groups in total. The fraction of sp³-hybridized carbons (Fsp3) is 0.412. The van der Waals surface area contributed by atoms with Crippen molar-refractivity contribution in [2.24, 2.45) is 5.92 Å². The first-order chi connectivity index (χ1) is 12.0. The molecule has 1 aromatic carbocycles. The molecular weight excluding hydrogens is 404 g/mol. The van der Waals surface area contributed by atoms with Crippen LogP contribution in [-0.4, -0.2) is 38.2 Å². The monoisotopic (exact) mass is 424 g/mol. The average molecular weight is 425 g/mol. The van der Waals surface area contributed by atoms with Crippen LogP contribution in [0.15, 0.2) is 45.8 Å². The van der Waals surface area contributed by atoms with Crippen molar-refractivity contribution in [3.05, 3.63) is 46.6 Å². The highest BCUT2D eigenvalue weighted by Crippen LogP contribution is 2.23. The van der Waals surface area contributed by atoms with Crippen molar-refractivity contribution in [1.29, 1.82) is 0 Å². The van der Waals surface area contributed by atoms with E-state index in [4.69, 9.17) is 0 Å². The highest BCUT2D eigenvalue weighted by atomic mass is 79.9. The van der Waals surface area contributed by atoms with Crippen LogP contribution in [0.2, 0.25) is 0 Å². The van der Waals surface area contributed by atoms with Crippen LogP contribution in [0.1, 0.15) is 18.5 Å². The van der Waals surface area contributed by atoms with Gasteiger partial charge in [-0.25, -0.2) is 13.1 Å². The van der Waals surface area contributed by atoms with E-state index in [9.17, 15) is 8.42 Å². The van der Waals surface area contributed by atoms with Crippen LogP contribution in [0.4, 0.5) is 5.82 Å². The Bertz CT molecular complexity index is 819. The number of nitrogens with one attached hydrogen (secondary N) is 1. The van der Waals surface area contributed by atoms with Crippen molar-refractivity contribution < 1.29 is 8.42 Å². The SMILES string of the molecule is Cc1ccc(N2CCC(CNS(=O)(=O)c3ccccc3Br)CC2)nn1. The Morgan fingerprint density at radius 2 is 1.88 bits per heavy atom. The number of benzene rings is 1. The molecule has 134 valence electrons. The molecule has 8 heteroatoms. The van der Waals surface area contributed by atoms with E-state index in [0.29, 0.717) is 16.9 Å². The second-order valence-electron chi connectivity index (χ2n) is 6.25. The zero-order valence-electron chi connectivity index (χ0n) is 14.0. The van der Waals surface area contributed by atoms with Gasteiger partial charge in [0.2, 0.25) is 10.0 Å². The number of piperidine rings is 1. The van der Waals surface area contributed by atoms with Crippen LogP contribution in [0, 0.1) is 12.8 Å². The van der Waals surface area contributed by atoms with E-state index >= 15 is 0 Å². The minimum absolute atomic E-state index is 0.280. The molecule has 1 aromatic heterocycles. The van der Waals surface area contributed by atoms with E-state index in [-0.39, 0.29) is 4.90 Å². The topological polar surface area (TPSA) is 75.2 Å². The van der Waals surface area contributed by atoms with Gasteiger partial charge in [0.05, 0.1) is 10.6 Å². The molecule has 0 atom stereocenters. The minimum atomic E-state index is -3.49. The maximum Gasteiger partial charge on any atom is 0.241 e. The highest BCUT2D eigenvalue weighted by molar-refractivity contribution is 9.10. The number of halogens is 1. The summed E-state index contributed by atoms with van der Waals surface area (Å²) in [5, 5.41) is 8.32. The molecule has 0 spiro atoms. The minimum Gasteiger partial charge on any atom is -0.355 e. The summed E-state index contributed by atoms with van der Waals surface area (Å²) < 4.78 is 28.2. The fourth-order valence-electron chi connectivity index (χ4n) is 2.89. The highest BCUT2D eigenvalue weighted by Gasteiger charge is 2.23. The molecule has 0 unspecified atom stereocenters. The first-order valence-electron chi connectivity index (χ1n) is 8.25. The number of aryl methyl sites for hydroxylation is 1. The predicted molar refractivity (Wildman–Crippen MR) is 101 cm³/mol. The molecule has 0 amide bonds. The summed E-state index contributed by atoms with van der Waals surface area (Å²) in [5.41, 5.74) is 0.903. The first-order valence-corrected chi connectivity index (χ1v) is 10.5. The quantitative estimate of drug-likeness (QED) is 0.798. The number of anilines is 1. The van der Waals surface area contributed by atoms with Crippen LogP contribution in [0.3, 0.4) is 0 Å². The Labute approximate surface area is 156 Å². The van der Waals surface area contributed by atoms with Gasteiger partial charge in [0, 0.05) is 24.1 Å². The molecule has 3 rings (SSSR count). The molecule has 1 aliphatic heterocycles. The fourth-order valence-corrected chi connectivity index (χ4v) is 5.01. The number of sulfonamides is 1. The summed E-state index contributed by atoms with van der Waals surface area (Å²) in [5.74, 6) is 1.21. The van der Waals surface area contributed by atoms with Crippen LogP contribution in [0.5, 0.6) is 0 Å². The van der Waals surface area contributed by atoms with E-state index in [0.717, 1.165) is 37.4 Å². The molecule has 0 aliphatic carbocycles. The molecule has 1 fully saturated rings. The Morgan fingerprint density at radius 1 is 1.16 bits per heavy atom. The van der Waals surface area contributed by atoms with Crippen LogP contribution in [-0.2, 0) is 10.0 Å². The third kappa shape index (κ3) is 4.56. The molecule has 1 saturated heterocycles. The smallest absolute Gasteiger partial charge is 0.241 e. The molecule has 0 saturated carbocycles. The lowest BCUT2D eigenvalue weighted by molar-refractivity contribution is 0.400. The van der Waals surface area contributed by atoms with Gasteiger partial charge in [-0.3, -0.25) is 0 Å². The lowest BCUT2D eigenvalue weighted by Gasteiger charge is -2.32. The van der Waals surface area contributed by atoms with E-state index in [2.05, 4.69) is 35.7 Å². The van der Waals surface area contributed by atoms with Crippen LogP contribution < -0.4 is 9.62 Å². The van der Waals surface area contributed by atoms with Crippen molar-refractivity contribution in [3.63, 3.8) is 0 Å². The van der Waals surface area contributed by atoms with Crippen molar-refractivity contribution >= 4 is 31.8 Å². The Kier molecular flexibility index (Phi) is 5.71. The van der Waals surface area contributed by atoms with Gasteiger partial charge < -0.3 is 4.90 Å². The summed E-state index contributed by atoms with van der Waals surface area (Å²) in [6.45, 7) is 4.09. The lowest BCUT2D eigenvalue weighted by atomic mass is 9.97. The van der Waals surface area contributed by atoms with Gasteiger partial charge in [-0.15, -0.1) is 5.10 Å². The molecule has 1 aliphatic rings. The average Bonchev–Trinajstić information content (AvgIpc) is 2.61. The molecule has 0 radical (unpaired) electrons. The second kappa shape index (κ2) is 7.80. The van der Waals surface area contributed by atoms with Crippen molar-refractivity contribution in [2.45, 2.75) is 24.7 Å². The van der Waals surface area contributed by atoms with Gasteiger partial charge in [0.1, 0.15) is 0 Å². The molecule has 6 nitrogen and oxygen atoms in total. The maximum absolute atomic E-state index is 12.4. The number of aromatic nitrogens is 2. The van der Waals surface area contributed by atoms with Gasteiger partial charge in [-0.1, -0.05) is 12.1 Å². The Balaban J connectivity index is 1.54. The zero-order chi connectivity index (χ0) is 17.9. The first kappa shape index (κ1) is 18.3. The number of hydrogen-bond donors (Lipinski definition) is 1. The second-order valence-corrected chi connectivity index (χ2v) is 8.84. The lowest BCUT2D eigenvalue weighted by Crippen LogP contribution is -2.39. The van der Waals surface area contributed by atoms with E-state index < -0.39 is 10.0 Å². The van der Waals surface area contributed by atoms with Crippen molar-refractivity contribution in [2.75, 3.05) is 24.5 Å². The Hall–Kier alpha value is -1.51. The van der Waals surface area contributed by atoms with E-state index in [1.54, 1.807) is 24.3 Å². The Morgan fingerprint density at radius 3 is 2.52 bits per heavy atom. The summed E-state index contributed by atoms with van der Waals surface area (Å²) in [4.78, 5) is 2.48. The van der Waals surface area contributed by atoms with Gasteiger partial charge >= 0.3 is 0 Å². The summed E-state index contributed by atoms with van der Waals surface area (Å²) in [6.07, 6.45) is 1.85. The maximum atomic E-state index is 12.4. The molecule has 0 bridgehead atoms. The summed E-state index contributed by atoms with van der Waals surface area (Å²) >= 11 is 3.30. The van der Waals surface area contributed by atoms with Gasteiger partial charge in [0.25, 0.3) is 0 Å². The zero-order valence-corrected chi connectivity index (χ0v) is 16.4. The summed E-state index contributed by atoms with van der Waals surface area (Å²) in [6, 6.07) is 10.8. The van der Waals surface area contributed by atoms with Crippen LogP contribution >= 0.6 is 15.9 Å². The van der Waals surface area contributed by atoms with Gasteiger partial charge in [-0.05, 0) is 65.9 Å². The third-order valence-electron chi connectivity index (χ3n) is 4.41. The largest absolute Gasteiger partial charge is 0.355 e. The normalized spacial score (nSPS) is 16.2. The molecule has 25 heavy (non-hydrogen) atoms. The van der Waals surface area contributed by atoms with Crippen LogP contribution in [0.25, 0.3) is 0 Å². The number of nitrogens with zero attached hydrogens (tertiary/aromatic N) is 3. The molecule has 2 aromatic rings.